The Morgan fingerprint density at radius 2 is 2.19 bits per heavy atom. The number of carbonyl (C=O) groups excluding carboxylic acids is 1. The third kappa shape index (κ3) is 2.34. The second-order valence-corrected chi connectivity index (χ2v) is 4.64. The van der Waals surface area contributed by atoms with E-state index < -0.39 is 0 Å². The molecule has 3 heteroatoms. The molecule has 0 aromatic carbocycles. The van der Waals surface area contributed by atoms with Crippen LogP contribution in [-0.4, -0.2) is 15.6 Å². The fraction of sp³-hybridized carbons (Fsp3) is 0.692. The Labute approximate surface area is 96.8 Å². The highest BCUT2D eigenvalue weighted by atomic mass is 16.1. The van der Waals surface area contributed by atoms with Crippen molar-refractivity contribution >= 4 is 5.78 Å². The second-order valence-electron chi connectivity index (χ2n) is 4.64. The molecule has 16 heavy (non-hydrogen) atoms. The van der Waals surface area contributed by atoms with Crippen molar-refractivity contribution in [2.45, 2.75) is 52.0 Å². The first-order chi connectivity index (χ1) is 7.83. The molecule has 0 aliphatic heterocycles. The molecule has 2 rings (SSSR count). The smallest absolute Gasteiger partial charge is 0.183 e. The first kappa shape index (κ1) is 11.4. The minimum Gasteiger partial charge on any atom is -0.292 e. The Morgan fingerprint density at radius 3 is 2.88 bits per heavy atom. The molecular weight excluding hydrogens is 200 g/mol. The van der Waals surface area contributed by atoms with Crippen LogP contribution in [0.15, 0.2) is 12.3 Å². The van der Waals surface area contributed by atoms with E-state index in [9.17, 15) is 4.79 Å². The van der Waals surface area contributed by atoms with Crippen LogP contribution < -0.4 is 0 Å². The summed E-state index contributed by atoms with van der Waals surface area (Å²) in [4.78, 5) is 12.3. The Kier molecular flexibility index (Phi) is 3.75. The van der Waals surface area contributed by atoms with Gasteiger partial charge >= 0.3 is 0 Å². The van der Waals surface area contributed by atoms with E-state index >= 15 is 0 Å². The third-order valence-corrected chi connectivity index (χ3v) is 3.38. The van der Waals surface area contributed by atoms with E-state index in [0.29, 0.717) is 5.78 Å². The average molecular weight is 220 g/mol. The van der Waals surface area contributed by atoms with Crippen LogP contribution in [-0.2, 0) is 6.54 Å². The number of hydrogen-bond donors (Lipinski definition) is 0. The predicted octanol–water partition coefficient (Wildman–Crippen LogP) is 3.06. The molecule has 1 fully saturated rings. The number of aryl methyl sites for hydroxylation is 1. The molecule has 0 N–H and O–H groups in total. The van der Waals surface area contributed by atoms with Crippen LogP contribution in [0, 0.1) is 5.92 Å². The Bertz CT molecular complexity index is 351. The van der Waals surface area contributed by atoms with Crippen molar-refractivity contribution in [1.82, 2.24) is 9.78 Å². The number of nitrogens with zero attached hydrogens (tertiary/aromatic N) is 2. The molecule has 0 spiro atoms. The number of Topliss-reactive ketones (excluding diaryl/α,β-unsaturated/α-hetero) is 1. The Hall–Kier alpha value is -1.12. The number of aromatic nitrogens is 2. The summed E-state index contributed by atoms with van der Waals surface area (Å²) in [5.41, 5.74) is 0.814. The van der Waals surface area contributed by atoms with E-state index in [1.807, 2.05) is 10.7 Å². The highest BCUT2D eigenvalue weighted by Gasteiger charge is 2.24. The second kappa shape index (κ2) is 5.28. The highest BCUT2D eigenvalue weighted by molar-refractivity contribution is 5.96. The van der Waals surface area contributed by atoms with Gasteiger partial charge in [0.2, 0.25) is 0 Å². The topological polar surface area (TPSA) is 34.9 Å². The van der Waals surface area contributed by atoms with Gasteiger partial charge in [0.1, 0.15) is 5.69 Å². The first-order valence-electron chi connectivity index (χ1n) is 6.39. The molecule has 88 valence electrons. The van der Waals surface area contributed by atoms with Gasteiger partial charge < -0.3 is 0 Å². The number of hydrogen-bond acceptors (Lipinski definition) is 2. The van der Waals surface area contributed by atoms with E-state index in [0.717, 1.165) is 31.5 Å². The lowest BCUT2D eigenvalue weighted by Crippen LogP contribution is -2.21. The van der Waals surface area contributed by atoms with Crippen molar-refractivity contribution < 1.29 is 4.79 Å². The monoisotopic (exact) mass is 220 g/mol. The summed E-state index contributed by atoms with van der Waals surface area (Å²) in [6.45, 7) is 2.96. The minimum absolute atomic E-state index is 0.251. The van der Waals surface area contributed by atoms with Gasteiger partial charge in [-0.05, 0) is 25.3 Å². The molecule has 0 bridgehead atoms. The lowest BCUT2D eigenvalue weighted by molar-refractivity contribution is 0.0878. The van der Waals surface area contributed by atoms with Gasteiger partial charge in [0, 0.05) is 18.7 Å². The zero-order valence-corrected chi connectivity index (χ0v) is 9.98. The fourth-order valence-corrected chi connectivity index (χ4v) is 2.51. The standard InChI is InChI=1S/C13H20N2O/c1-2-10-15-12(8-9-14-15)13(16)11-6-4-3-5-7-11/h8-9,11H,2-7,10H2,1H3. The van der Waals surface area contributed by atoms with Gasteiger partial charge in [-0.1, -0.05) is 26.2 Å². The van der Waals surface area contributed by atoms with Gasteiger partial charge in [0.25, 0.3) is 0 Å². The third-order valence-electron chi connectivity index (χ3n) is 3.38. The highest BCUT2D eigenvalue weighted by Crippen LogP contribution is 2.26. The molecule has 1 aliphatic rings. The van der Waals surface area contributed by atoms with Crippen LogP contribution in [0.25, 0.3) is 0 Å². The number of ketones is 1. The SMILES string of the molecule is CCCn1nccc1C(=O)C1CCCCC1. The van der Waals surface area contributed by atoms with E-state index in [-0.39, 0.29) is 5.92 Å². The van der Waals surface area contributed by atoms with E-state index in [4.69, 9.17) is 0 Å². The normalized spacial score (nSPS) is 17.6. The maximum absolute atomic E-state index is 12.3. The summed E-state index contributed by atoms with van der Waals surface area (Å²) < 4.78 is 1.86. The first-order valence-corrected chi connectivity index (χ1v) is 6.39. The summed E-state index contributed by atoms with van der Waals surface area (Å²) in [6.07, 6.45) is 8.60. The molecule has 1 saturated carbocycles. The zero-order chi connectivity index (χ0) is 11.4. The molecule has 0 saturated heterocycles. The summed E-state index contributed by atoms with van der Waals surface area (Å²) >= 11 is 0. The fourth-order valence-electron chi connectivity index (χ4n) is 2.51. The van der Waals surface area contributed by atoms with Crippen molar-refractivity contribution in [3.05, 3.63) is 18.0 Å². The summed E-state index contributed by atoms with van der Waals surface area (Å²) in [6, 6.07) is 1.87. The summed E-state index contributed by atoms with van der Waals surface area (Å²) in [5.74, 6) is 0.562. The van der Waals surface area contributed by atoms with Gasteiger partial charge in [-0.25, -0.2) is 0 Å². The van der Waals surface area contributed by atoms with Crippen molar-refractivity contribution in [3.8, 4) is 0 Å². The zero-order valence-electron chi connectivity index (χ0n) is 9.98. The Balaban J connectivity index is 2.09. The minimum atomic E-state index is 0.251. The van der Waals surface area contributed by atoms with Gasteiger partial charge in [0.05, 0.1) is 0 Å². The summed E-state index contributed by atoms with van der Waals surface area (Å²) in [7, 11) is 0. The van der Waals surface area contributed by atoms with Gasteiger partial charge in [-0.15, -0.1) is 0 Å². The largest absolute Gasteiger partial charge is 0.292 e. The summed E-state index contributed by atoms with van der Waals surface area (Å²) in [5, 5.41) is 4.22. The molecule has 0 atom stereocenters. The van der Waals surface area contributed by atoms with E-state index in [2.05, 4.69) is 12.0 Å². The number of carbonyl (C=O) groups is 1. The van der Waals surface area contributed by atoms with Gasteiger partial charge in [-0.2, -0.15) is 5.10 Å². The molecule has 1 aromatic rings. The maximum Gasteiger partial charge on any atom is 0.183 e. The van der Waals surface area contributed by atoms with E-state index in [1.54, 1.807) is 6.20 Å². The van der Waals surface area contributed by atoms with Crippen molar-refractivity contribution in [2.24, 2.45) is 5.92 Å². The molecule has 0 radical (unpaired) electrons. The van der Waals surface area contributed by atoms with Crippen LogP contribution in [0.4, 0.5) is 0 Å². The molecule has 1 aliphatic carbocycles. The predicted molar refractivity (Wildman–Crippen MR) is 63.4 cm³/mol. The molecular formula is C13H20N2O. The van der Waals surface area contributed by atoms with Gasteiger partial charge in [-0.3, -0.25) is 9.48 Å². The van der Waals surface area contributed by atoms with Crippen LogP contribution in [0.1, 0.15) is 55.9 Å². The average Bonchev–Trinajstić information content (AvgIpc) is 2.78. The lowest BCUT2D eigenvalue weighted by Gasteiger charge is -2.20. The molecule has 1 heterocycles. The number of rotatable bonds is 4. The molecule has 1 aromatic heterocycles. The Morgan fingerprint density at radius 1 is 1.44 bits per heavy atom. The lowest BCUT2D eigenvalue weighted by atomic mass is 9.85. The van der Waals surface area contributed by atoms with Crippen LogP contribution in [0.3, 0.4) is 0 Å². The van der Waals surface area contributed by atoms with Crippen molar-refractivity contribution in [1.29, 1.82) is 0 Å². The van der Waals surface area contributed by atoms with Crippen molar-refractivity contribution in [2.75, 3.05) is 0 Å². The quantitative estimate of drug-likeness (QED) is 0.731. The van der Waals surface area contributed by atoms with E-state index in [1.165, 1.54) is 19.3 Å². The van der Waals surface area contributed by atoms with Crippen molar-refractivity contribution in [3.63, 3.8) is 0 Å². The molecule has 3 nitrogen and oxygen atoms in total. The van der Waals surface area contributed by atoms with Crippen LogP contribution in [0.2, 0.25) is 0 Å². The molecule has 0 unspecified atom stereocenters. The molecule has 0 amide bonds. The maximum atomic E-state index is 12.3. The van der Waals surface area contributed by atoms with Crippen LogP contribution in [0.5, 0.6) is 0 Å². The van der Waals surface area contributed by atoms with Gasteiger partial charge in [0.15, 0.2) is 5.78 Å². The van der Waals surface area contributed by atoms with Crippen LogP contribution >= 0.6 is 0 Å².